The first-order valence-corrected chi connectivity index (χ1v) is 4.64. The van der Waals surface area contributed by atoms with Crippen LogP contribution in [0.2, 0.25) is 0 Å². The van der Waals surface area contributed by atoms with E-state index in [9.17, 15) is 0 Å². The quantitative estimate of drug-likeness (QED) is 0.785. The minimum Gasteiger partial charge on any atom is -0.395 e. The van der Waals surface area contributed by atoms with E-state index in [4.69, 9.17) is 10.8 Å². The summed E-state index contributed by atoms with van der Waals surface area (Å²) in [5, 5.41) is 12.8. The zero-order chi connectivity index (χ0) is 8.10. The van der Waals surface area contributed by atoms with Gasteiger partial charge < -0.3 is 10.8 Å². The highest BCUT2D eigenvalue weighted by Crippen LogP contribution is 2.08. The molecule has 0 fully saturated rings. The minimum atomic E-state index is -0.0603. The summed E-state index contributed by atoms with van der Waals surface area (Å²) in [7, 11) is 0. The van der Waals surface area contributed by atoms with Crippen LogP contribution >= 0.6 is 23.7 Å². The number of rotatable bonds is 4. The highest BCUT2D eigenvalue weighted by Gasteiger charge is 2.00. The average molecular weight is 208 g/mol. The molecular weight excluding hydrogens is 194 g/mol. The van der Waals surface area contributed by atoms with Crippen molar-refractivity contribution in [2.75, 3.05) is 6.61 Å². The third kappa shape index (κ3) is 4.07. The van der Waals surface area contributed by atoms with Crippen molar-refractivity contribution in [2.45, 2.75) is 18.9 Å². The Hall–Kier alpha value is -0.0900. The first-order chi connectivity index (χ1) is 5.33. The lowest BCUT2D eigenvalue weighted by Gasteiger charge is -2.05. The molecule has 0 radical (unpaired) electrons. The van der Waals surface area contributed by atoms with Crippen LogP contribution in [0.1, 0.15) is 12.0 Å². The van der Waals surface area contributed by atoms with E-state index in [0.717, 1.165) is 12.8 Å². The van der Waals surface area contributed by atoms with Crippen molar-refractivity contribution in [3.05, 3.63) is 22.4 Å². The van der Waals surface area contributed by atoms with E-state index < -0.39 is 0 Å². The topological polar surface area (TPSA) is 46.2 Å². The SMILES string of the molecule is Cl.N[C@@H](CO)CCc1ccsc1. The first kappa shape index (κ1) is 11.9. The van der Waals surface area contributed by atoms with Crippen molar-refractivity contribution in [3.63, 3.8) is 0 Å². The van der Waals surface area contributed by atoms with Crippen molar-refractivity contribution < 1.29 is 5.11 Å². The number of hydrogen-bond donors (Lipinski definition) is 2. The maximum atomic E-state index is 8.64. The molecule has 12 heavy (non-hydrogen) atoms. The molecule has 3 N–H and O–H groups in total. The molecule has 0 spiro atoms. The summed E-state index contributed by atoms with van der Waals surface area (Å²) < 4.78 is 0. The van der Waals surface area contributed by atoms with Crippen LogP contribution in [0, 0.1) is 0 Å². The number of thiophene rings is 1. The number of halogens is 1. The van der Waals surface area contributed by atoms with E-state index in [1.165, 1.54) is 5.56 Å². The fourth-order valence-corrected chi connectivity index (χ4v) is 1.58. The molecule has 0 aliphatic rings. The highest BCUT2D eigenvalue weighted by atomic mass is 35.5. The number of nitrogens with two attached hydrogens (primary N) is 1. The van der Waals surface area contributed by atoms with Gasteiger partial charge in [0, 0.05) is 6.04 Å². The summed E-state index contributed by atoms with van der Waals surface area (Å²) >= 11 is 1.70. The van der Waals surface area contributed by atoms with E-state index >= 15 is 0 Å². The molecule has 1 aromatic heterocycles. The van der Waals surface area contributed by atoms with Gasteiger partial charge in [-0.15, -0.1) is 12.4 Å². The molecule has 0 unspecified atom stereocenters. The smallest absolute Gasteiger partial charge is 0.0582 e. The third-order valence-corrected chi connectivity index (χ3v) is 2.35. The van der Waals surface area contributed by atoms with Gasteiger partial charge in [0.05, 0.1) is 6.61 Å². The molecule has 1 heterocycles. The van der Waals surface area contributed by atoms with Gasteiger partial charge in [0.2, 0.25) is 0 Å². The van der Waals surface area contributed by atoms with Crippen molar-refractivity contribution in [1.29, 1.82) is 0 Å². The summed E-state index contributed by atoms with van der Waals surface area (Å²) in [4.78, 5) is 0. The average Bonchev–Trinajstić information content (AvgIpc) is 2.52. The van der Waals surface area contributed by atoms with Gasteiger partial charge in [-0.2, -0.15) is 11.3 Å². The van der Waals surface area contributed by atoms with Crippen LogP contribution in [0.15, 0.2) is 16.8 Å². The first-order valence-electron chi connectivity index (χ1n) is 3.70. The van der Waals surface area contributed by atoms with Crippen LogP contribution in [0.25, 0.3) is 0 Å². The van der Waals surface area contributed by atoms with Gasteiger partial charge in [-0.3, -0.25) is 0 Å². The van der Waals surface area contributed by atoms with Gasteiger partial charge in [-0.25, -0.2) is 0 Å². The lowest BCUT2D eigenvalue weighted by Crippen LogP contribution is -2.24. The Morgan fingerprint density at radius 2 is 2.33 bits per heavy atom. The maximum Gasteiger partial charge on any atom is 0.0582 e. The molecule has 1 rings (SSSR count). The van der Waals surface area contributed by atoms with Crippen LogP contribution in [0.3, 0.4) is 0 Å². The Morgan fingerprint density at radius 1 is 1.58 bits per heavy atom. The monoisotopic (exact) mass is 207 g/mol. The highest BCUT2D eigenvalue weighted by molar-refractivity contribution is 7.07. The summed E-state index contributed by atoms with van der Waals surface area (Å²) in [5.41, 5.74) is 6.86. The molecule has 1 aromatic rings. The van der Waals surface area contributed by atoms with Crippen molar-refractivity contribution >= 4 is 23.7 Å². The second kappa shape index (κ2) is 6.43. The van der Waals surface area contributed by atoms with Gasteiger partial charge in [0.15, 0.2) is 0 Å². The molecule has 0 amide bonds. The van der Waals surface area contributed by atoms with Crippen molar-refractivity contribution in [2.24, 2.45) is 5.73 Å². The van der Waals surface area contributed by atoms with Gasteiger partial charge in [0.25, 0.3) is 0 Å². The second-order valence-electron chi connectivity index (χ2n) is 2.61. The van der Waals surface area contributed by atoms with Crippen LogP contribution in [0.4, 0.5) is 0 Å². The predicted octanol–water partition coefficient (Wildman–Crippen LogP) is 1.42. The van der Waals surface area contributed by atoms with Gasteiger partial charge in [0.1, 0.15) is 0 Å². The molecular formula is C8H14ClNOS. The van der Waals surface area contributed by atoms with E-state index in [0.29, 0.717) is 0 Å². The Morgan fingerprint density at radius 3 is 2.83 bits per heavy atom. The predicted molar refractivity (Wildman–Crippen MR) is 54.9 cm³/mol. The summed E-state index contributed by atoms with van der Waals surface area (Å²) in [6.45, 7) is 0.0874. The standard InChI is InChI=1S/C8H13NOS.ClH/c9-8(5-10)2-1-7-3-4-11-6-7;/h3-4,6,8,10H,1-2,5,9H2;1H/t8-;/m1./s1. The summed E-state index contributed by atoms with van der Waals surface area (Å²) in [6.07, 6.45) is 1.85. The second-order valence-corrected chi connectivity index (χ2v) is 3.39. The van der Waals surface area contributed by atoms with Crippen molar-refractivity contribution in [3.8, 4) is 0 Å². The van der Waals surface area contributed by atoms with Gasteiger partial charge in [-0.1, -0.05) is 0 Å². The molecule has 0 saturated carbocycles. The number of hydrogen-bond acceptors (Lipinski definition) is 3. The fraction of sp³-hybridized carbons (Fsp3) is 0.500. The molecule has 0 saturated heterocycles. The fourth-order valence-electron chi connectivity index (χ4n) is 0.878. The van der Waals surface area contributed by atoms with Crippen LogP contribution in [-0.2, 0) is 6.42 Å². The van der Waals surface area contributed by atoms with Crippen LogP contribution in [-0.4, -0.2) is 17.8 Å². The summed E-state index contributed by atoms with van der Waals surface area (Å²) in [6, 6.07) is 2.03. The molecule has 0 aliphatic carbocycles. The zero-order valence-electron chi connectivity index (χ0n) is 6.77. The molecule has 4 heteroatoms. The largest absolute Gasteiger partial charge is 0.395 e. The van der Waals surface area contributed by atoms with Crippen molar-refractivity contribution in [1.82, 2.24) is 0 Å². The molecule has 0 aromatic carbocycles. The number of aliphatic hydroxyl groups excluding tert-OH is 1. The van der Waals surface area contributed by atoms with Gasteiger partial charge in [-0.05, 0) is 35.2 Å². The summed E-state index contributed by atoms with van der Waals surface area (Å²) in [5.74, 6) is 0. The molecule has 2 nitrogen and oxygen atoms in total. The van der Waals surface area contributed by atoms with Crippen LogP contribution in [0.5, 0.6) is 0 Å². The Kier molecular flexibility index (Phi) is 6.38. The molecule has 1 atom stereocenters. The van der Waals surface area contributed by atoms with Crippen LogP contribution < -0.4 is 5.73 Å². The lowest BCUT2D eigenvalue weighted by atomic mass is 10.1. The van der Waals surface area contributed by atoms with E-state index in [-0.39, 0.29) is 25.1 Å². The third-order valence-electron chi connectivity index (χ3n) is 1.62. The Bertz CT molecular complexity index is 191. The van der Waals surface area contributed by atoms with E-state index in [2.05, 4.69) is 16.8 Å². The number of aliphatic hydroxyl groups is 1. The Labute approximate surface area is 82.8 Å². The molecule has 0 bridgehead atoms. The maximum absolute atomic E-state index is 8.64. The minimum absolute atomic E-state index is 0. The normalized spacial score (nSPS) is 12.2. The zero-order valence-corrected chi connectivity index (χ0v) is 8.40. The number of aryl methyl sites for hydroxylation is 1. The molecule has 0 aliphatic heterocycles. The Balaban J connectivity index is 0.00000121. The van der Waals surface area contributed by atoms with E-state index in [1.54, 1.807) is 11.3 Å². The van der Waals surface area contributed by atoms with E-state index in [1.807, 2.05) is 0 Å². The lowest BCUT2D eigenvalue weighted by molar-refractivity contribution is 0.260. The van der Waals surface area contributed by atoms with Gasteiger partial charge >= 0.3 is 0 Å². The molecule has 70 valence electrons.